The minimum Gasteiger partial charge on any atom is -0.493 e. The van der Waals surface area contributed by atoms with Crippen molar-refractivity contribution < 1.29 is 14.6 Å². The smallest absolute Gasteiger partial charge is 0.222 e. The normalized spacial score (nSPS) is 16.3. The van der Waals surface area contributed by atoms with E-state index in [2.05, 4.69) is 15.3 Å². The lowest BCUT2D eigenvalue weighted by molar-refractivity contribution is 0.311. The highest BCUT2D eigenvalue weighted by Gasteiger charge is 2.47. The van der Waals surface area contributed by atoms with Crippen LogP contribution in [-0.2, 0) is 5.41 Å². The molecule has 0 aliphatic heterocycles. The molecule has 0 amide bonds. The van der Waals surface area contributed by atoms with Crippen LogP contribution >= 0.6 is 0 Å². The lowest BCUT2D eigenvalue weighted by Gasteiger charge is -2.12. The first-order valence-corrected chi connectivity index (χ1v) is 6.60. The van der Waals surface area contributed by atoms with Gasteiger partial charge in [-0.1, -0.05) is 0 Å². The summed E-state index contributed by atoms with van der Waals surface area (Å²) >= 11 is 0. The topological polar surface area (TPSA) is 78.3 Å². The molecule has 1 aliphatic rings. The van der Waals surface area contributed by atoms with Crippen LogP contribution in [0.25, 0.3) is 10.9 Å². The highest BCUT2D eigenvalue weighted by atomic mass is 19.1. The van der Waals surface area contributed by atoms with Gasteiger partial charge in [-0.25, -0.2) is 9.37 Å². The van der Waals surface area contributed by atoms with Crippen molar-refractivity contribution in [3.05, 3.63) is 24.0 Å². The van der Waals surface area contributed by atoms with Gasteiger partial charge in [-0.05, 0) is 31.0 Å². The molecule has 3 rings (SSSR count). The monoisotopic (exact) mass is 277 g/mol. The lowest BCUT2D eigenvalue weighted by atomic mass is 10.1. The Morgan fingerprint density at radius 3 is 2.75 bits per heavy atom. The maximum atomic E-state index is 13.1. The maximum absolute atomic E-state index is 13.1. The number of alkyl halides is 1. The Morgan fingerprint density at radius 2 is 2.10 bits per heavy atom. The average molecular weight is 277 g/mol. The summed E-state index contributed by atoms with van der Waals surface area (Å²) in [5, 5.41) is 22.3. The quantitative estimate of drug-likeness (QED) is 0.776. The summed E-state index contributed by atoms with van der Waals surface area (Å²) in [6.45, 7) is -0.0390. The molecule has 0 radical (unpaired) electrons. The van der Waals surface area contributed by atoms with E-state index in [-0.39, 0.29) is 12.5 Å². The number of anilines is 1. The van der Waals surface area contributed by atoms with Crippen molar-refractivity contribution in [1.29, 1.82) is 0 Å². The predicted octanol–water partition coefficient (Wildman–Crippen LogP) is 1.74. The zero-order chi connectivity index (χ0) is 14.2. The van der Waals surface area contributed by atoms with Crippen LogP contribution in [-0.4, -0.2) is 40.0 Å². The van der Waals surface area contributed by atoms with E-state index in [1.54, 1.807) is 12.1 Å². The SMILES string of the molecule is OCCNc1ccc2nc(C3(CF)CC3)nc(O)c2c1. The minimum absolute atomic E-state index is 0.0263. The number of rotatable bonds is 5. The van der Waals surface area contributed by atoms with E-state index in [4.69, 9.17) is 5.11 Å². The highest BCUT2D eigenvalue weighted by Crippen LogP contribution is 2.47. The van der Waals surface area contributed by atoms with Gasteiger partial charge in [-0.3, -0.25) is 0 Å². The fourth-order valence-corrected chi connectivity index (χ4v) is 2.23. The van der Waals surface area contributed by atoms with Crippen molar-refractivity contribution in [2.45, 2.75) is 18.3 Å². The summed E-state index contributed by atoms with van der Waals surface area (Å²) in [4.78, 5) is 8.43. The molecular formula is C14H16FN3O2. The average Bonchev–Trinajstić information content (AvgIpc) is 3.26. The van der Waals surface area contributed by atoms with Crippen molar-refractivity contribution in [1.82, 2.24) is 9.97 Å². The Balaban J connectivity index is 2.01. The number of hydrogen-bond donors (Lipinski definition) is 3. The molecule has 0 atom stereocenters. The van der Waals surface area contributed by atoms with Gasteiger partial charge < -0.3 is 15.5 Å². The molecule has 5 nitrogen and oxygen atoms in total. The summed E-state index contributed by atoms with van der Waals surface area (Å²) < 4.78 is 13.1. The van der Waals surface area contributed by atoms with Gasteiger partial charge >= 0.3 is 0 Å². The fraction of sp³-hybridized carbons (Fsp3) is 0.429. The molecule has 1 fully saturated rings. The Bertz CT molecular complexity index is 644. The number of nitrogens with one attached hydrogen (secondary N) is 1. The summed E-state index contributed by atoms with van der Waals surface area (Å²) in [6.07, 6.45) is 1.45. The van der Waals surface area contributed by atoms with Gasteiger partial charge in [-0.2, -0.15) is 4.98 Å². The molecule has 1 saturated carbocycles. The van der Waals surface area contributed by atoms with Crippen molar-refractivity contribution in [3.63, 3.8) is 0 Å². The molecule has 1 heterocycles. The van der Waals surface area contributed by atoms with Crippen molar-refractivity contribution >= 4 is 16.6 Å². The summed E-state index contributed by atoms with van der Waals surface area (Å²) in [5.41, 5.74) is 0.783. The molecule has 1 aromatic heterocycles. The van der Waals surface area contributed by atoms with Crippen LogP contribution in [0.4, 0.5) is 10.1 Å². The van der Waals surface area contributed by atoms with Crippen LogP contribution in [0.1, 0.15) is 18.7 Å². The van der Waals surface area contributed by atoms with Gasteiger partial charge in [0.05, 0.1) is 22.9 Å². The summed E-state index contributed by atoms with van der Waals surface area (Å²) in [5.74, 6) is 0.262. The Kier molecular flexibility index (Phi) is 3.17. The van der Waals surface area contributed by atoms with Crippen LogP contribution in [0.15, 0.2) is 18.2 Å². The number of halogens is 1. The number of aliphatic hydroxyl groups excluding tert-OH is 1. The number of aromatic hydroxyl groups is 1. The molecule has 0 unspecified atom stereocenters. The Morgan fingerprint density at radius 1 is 1.30 bits per heavy atom. The number of aromatic nitrogens is 2. The number of aliphatic hydroxyl groups is 1. The van der Waals surface area contributed by atoms with Crippen LogP contribution in [0.5, 0.6) is 5.88 Å². The zero-order valence-corrected chi connectivity index (χ0v) is 10.9. The van der Waals surface area contributed by atoms with Gasteiger partial charge in [0.15, 0.2) is 0 Å². The van der Waals surface area contributed by atoms with Crippen LogP contribution in [0.2, 0.25) is 0 Å². The maximum Gasteiger partial charge on any atom is 0.222 e. The van der Waals surface area contributed by atoms with Crippen molar-refractivity contribution in [3.8, 4) is 5.88 Å². The van der Waals surface area contributed by atoms with Gasteiger partial charge in [0.2, 0.25) is 5.88 Å². The van der Waals surface area contributed by atoms with Crippen molar-refractivity contribution in [2.75, 3.05) is 25.1 Å². The largest absolute Gasteiger partial charge is 0.493 e. The third-order valence-corrected chi connectivity index (χ3v) is 3.70. The molecule has 0 saturated heterocycles. The zero-order valence-electron chi connectivity index (χ0n) is 10.9. The lowest BCUT2D eigenvalue weighted by Crippen LogP contribution is -2.14. The molecular weight excluding hydrogens is 261 g/mol. The molecule has 0 spiro atoms. The third kappa shape index (κ3) is 2.16. The Hall–Kier alpha value is -1.95. The molecule has 1 aromatic carbocycles. The van der Waals surface area contributed by atoms with E-state index in [0.717, 1.165) is 18.5 Å². The van der Waals surface area contributed by atoms with Crippen LogP contribution in [0, 0.1) is 0 Å². The first-order valence-electron chi connectivity index (χ1n) is 6.60. The molecule has 3 N–H and O–H groups in total. The summed E-state index contributed by atoms with van der Waals surface area (Å²) in [7, 11) is 0. The standard InChI is InChI=1S/C14H16FN3O2/c15-8-14(3-4-14)13-17-11-2-1-9(16-5-6-19)7-10(11)12(20)18-13/h1-2,7,16,19H,3-6,8H2,(H,17,18,20). The van der Waals surface area contributed by atoms with Gasteiger partial charge in [-0.15, -0.1) is 0 Å². The van der Waals surface area contributed by atoms with Crippen molar-refractivity contribution in [2.24, 2.45) is 0 Å². The molecule has 0 bridgehead atoms. The summed E-state index contributed by atoms with van der Waals surface area (Å²) in [6, 6.07) is 5.29. The fourth-order valence-electron chi connectivity index (χ4n) is 2.23. The van der Waals surface area contributed by atoms with Gasteiger partial charge in [0, 0.05) is 12.2 Å². The Labute approximate surface area is 115 Å². The van der Waals surface area contributed by atoms with E-state index in [9.17, 15) is 9.50 Å². The van der Waals surface area contributed by atoms with Crippen LogP contribution in [0.3, 0.4) is 0 Å². The number of hydrogen-bond acceptors (Lipinski definition) is 5. The highest BCUT2D eigenvalue weighted by molar-refractivity contribution is 5.86. The van der Waals surface area contributed by atoms with E-state index >= 15 is 0 Å². The van der Waals surface area contributed by atoms with E-state index in [1.807, 2.05) is 6.07 Å². The van der Waals surface area contributed by atoms with E-state index < -0.39 is 12.1 Å². The molecule has 2 aromatic rings. The second-order valence-corrected chi connectivity index (χ2v) is 5.17. The molecule has 106 valence electrons. The molecule has 20 heavy (non-hydrogen) atoms. The first kappa shape index (κ1) is 13.1. The second-order valence-electron chi connectivity index (χ2n) is 5.17. The molecule has 6 heteroatoms. The predicted molar refractivity (Wildman–Crippen MR) is 73.7 cm³/mol. The minimum atomic E-state index is -0.584. The number of fused-ring (bicyclic) bond motifs is 1. The van der Waals surface area contributed by atoms with E-state index in [0.29, 0.717) is 23.3 Å². The first-order chi connectivity index (χ1) is 9.68. The number of benzene rings is 1. The van der Waals surface area contributed by atoms with Gasteiger partial charge in [0.1, 0.15) is 12.5 Å². The van der Waals surface area contributed by atoms with Crippen LogP contribution < -0.4 is 5.32 Å². The van der Waals surface area contributed by atoms with E-state index in [1.165, 1.54) is 0 Å². The third-order valence-electron chi connectivity index (χ3n) is 3.70. The van der Waals surface area contributed by atoms with Gasteiger partial charge in [0.25, 0.3) is 0 Å². The number of nitrogens with zero attached hydrogens (tertiary/aromatic N) is 2. The molecule has 1 aliphatic carbocycles. The second kappa shape index (κ2) is 4.86.